The summed E-state index contributed by atoms with van der Waals surface area (Å²) in [6.07, 6.45) is 0.956. The number of benzene rings is 1. The minimum Gasteiger partial charge on any atom is -0.494 e. The number of ether oxygens (including phenoxy) is 1. The first kappa shape index (κ1) is 19.4. The third kappa shape index (κ3) is 5.55. The minimum atomic E-state index is -0.132. The number of ketones is 1. The molecule has 0 saturated carbocycles. The van der Waals surface area contributed by atoms with Crippen LogP contribution >= 0.6 is 11.6 Å². The highest BCUT2D eigenvalue weighted by Crippen LogP contribution is 2.22. The van der Waals surface area contributed by atoms with E-state index in [4.69, 9.17) is 16.3 Å². The third-order valence-corrected chi connectivity index (χ3v) is 4.13. The maximum atomic E-state index is 12.6. The van der Waals surface area contributed by atoms with Gasteiger partial charge in [-0.25, -0.2) is 4.98 Å². The van der Waals surface area contributed by atoms with Crippen LogP contribution in [0.5, 0.6) is 5.75 Å². The van der Waals surface area contributed by atoms with Crippen molar-refractivity contribution in [1.82, 2.24) is 9.88 Å². The molecule has 25 heavy (non-hydrogen) atoms. The van der Waals surface area contributed by atoms with Crippen LogP contribution in [0.25, 0.3) is 0 Å². The van der Waals surface area contributed by atoms with E-state index >= 15 is 0 Å². The molecule has 5 heteroatoms. The van der Waals surface area contributed by atoms with Crippen molar-refractivity contribution in [1.29, 1.82) is 0 Å². The fourth-order valence-electron chi connectivity index (χ4n) is 2.37. The Labute approximate surface area is 154 Å². The lowest BCUT2D eigenvalue weighted by atomic mass is 10.0. The minimum absolute atomic E-state index is 0.132. The predicted octanol–water partition coefficient (Wildman–Crippen LogP) is 4.42. The Morgan fingerprint density at radius 3 is 2.40 bits per heavy atom. The van der Waals surface area contributed by atoms with Crippen molar-refractivity contribution in [3.63, 3.8) is 0 Å². The molecule has 4 nitrogen and oxygen atoms in total. The van der Waals surface area contributed by atoms with Crippen LogP contribution in [-0.2, 0) is 0 Å². The van der Waals surface area contributed by atoms with Crippen LogP contribution in [0.3, 0.4) is 0 Å². The van der Waals surface area contributed by atoms with Gasteiger partial charge in [0.1, 0.15) is 10.9 Å². The fraction of sp³-hybridized carbons (Fsp3) is 0.400. The van der Waals surface area contributed by atoms with Crippen molar-refractivity contribution >= 4 is 17.4 Å². The topological polar surface area (TPSA) is 42.4 Å². The fourth-order valence-corrected chi connectivity index (χ4v) is 2.61. The third-order valence-electron chi connectivity index (χ3n) is 3.84. The van der Waals surface area contributed by atoms with Crippen molar-refractivity contribution in [3.05, 3.63) is 58.4 Å². The van der Waals surface area contributed by atoms with Gasteiger partial charge in [0.15, 0.2) is 5.78 Å². The van der Waals surface area contributed by atoms with Crippen LogP contribution in [0.1, 0.15) is 47.8 Å². The summed E-state index contributed by atoms with van der Waals surface area (Å²) in [4.78, 5) is 19.1. The first-order chi connectivity index (χ1) is 11.9. The Hall–Kier alpha value is -1.91. The summed E-state index contributed by atoms with van der Waals surface area (Å²) in [5, 5.41) is 0.250. The zero-order valence-corrected chi connectivity index (χ0v) is 16.0. The molecular formula is C20H25ClN2O2. The maximum Gasteiger partial charge on any atom is 0.196 e. The zero-order chi connectivity index (χ0) is 18.4. The Morgan fingerprint density at radius 1 is 1.16 bits per heavy atom. The molecule has 0 fully saturated rings. The molecule has 0 amide bonds. The first-order valence-electron chi connectivity index (χ1n) is 8.47. The Bertz CT molecular complexity index is 712. The van der Waals surface area contributed by atoms with Gasteiger partial charge in [-0.2, -0.15) is 0 Å². The molecule has 2 aromatic rings. The van der Waals surface area contributed by atoms with Gasteiger partial charge < -0.3 is 9.64 Å². The highest BCUT2D eigenvalue weighted by Gasteiger charge is 2.15. The Morgan fingerprint density at radius 2 is 1.84 bits per heavy atom. The molecule has 0 radical (unpaired) electrons. The second-order valence-corrected chi connectivity index (χ2v) is 6.95. The second kappa shape index (κ2) is 8.97. The number of halogens is 1. The van der Waals surface area contributed by atoms with Crippen molar-refractivity contribution in [2.45, 2.75) is 26.2 Å². The molecule has 0 atom stereocenters. The number of pyridine rings is 1. The van der Waals surface area contributed by atoms with E-state index in [2.05, 4.69) is 9.88 Å². The highest BCUT2D eigenvalue weighted by molar-refractivity contribution is 6.33. The highest BCUT2D eigenvalue weighted by atomic mass is 35.5. The summed E-state index contributed by atoms with van der Waals surface area (Å²) in [6.45, 7) is 5.71. The summed E-state index contributed by atoms with van der Waals surface area (Å²) >= 11 is 6.20. The molecule has 0 N–H and O–H groups in total. The molecule has 1 heterocycles. The molecule has 0 unspecified atom stereocenters. The molecule has 0 aliphatic heterocycles. The van der Waals surface area contributed by atoms with E-state index in [9.17, 15) is 4.79 Å². The van der Waals surface area contributed by atoms with Gasteiger partial charge in [0.2, 0.25) is 0 Å². The van der Waals surface area contributed by atoms with Crippen molar-refractivity contribution in [2.75, 3.05) is 27.2 Å². The van der Waals surface area contributed by atoms with Crippen LogP contribution in [0, 0.1) is 0 Å². The van der Waals surface area contributed by atoms with E-state index in [1.807, 2.05) is 46.1 Å². The lowest BCUT2D eigenvalue weighted by Crippen LogP contribution is -2.15. The lowest BCUT2D eigenvalue weighted by molar-refractivity contribution is 0.103. The van der Waals surface area contributed by atoms with E-state index in [1.165, 1.54) is 0 Å². The number of rotatable bonds is 8. The lowest BCUT2D eigenvalue weighted by Gasteiger charge is -2.11. The van der Waals surface area contributed by atoms with E-state index in [-0.39, 0.29) is 16.9 Å². The smallest absolute Gasteiger partial charge is 0.196 e. The first-order valence-corrected chi connectivity index (χ1v) is 8.85. The molecule has 1 aromatic heterocycles. The zero-order valence-electron chi connectivity index (χ0n) is 15.3. The quantitative estimate of drug-likeness (QED) is 0.397. The van der Waals surface area contributed by atoms with Crippen molar-refractivity contribution < 1.29 is 9.53 Å². The average Bonchev–Trinajstić information content (AvgIpc) is 2.58. The number of aromatic nitrogens is 1. The number of nitrogens with zero attached hydrogens (tertiary/aromatic N) is 2. The van der Waals surface area contributed by atoms with Gasteiger partial charge in [-0.05, 0) is 62.8 Å². The maximum absolute atomic E-state index is 12.6. The molecule has 2 rings (SSSR count). The van der Waals surface area contributed by atoms with Crippen molar-refractivity contribution in [2.24, 2.45) is 0 Å². The summed E-state index contributed by atoms with van der Waals surface area (Å²) in [5.74, 6) is 0.896. The molecule has 0 bridgehead atoms. The van der Waals surface area contributed by atoms with Gasteiger partial charge in [-0.15, -0.1) is 0 Å². The molecule has 134 valence electrons. The van der Waals surface area contributed by atoms with Crippen LogP contribution in [0.2, 0.25) is 5.15 Å². The van der Waals surface area contributed by atoms with Gasteiger partial charge >= 0.3 is 0 Å². The van der Waals surface area contributed by atoms with Crippen LogP contribution in [-0.4, -0.2) is 42.9 Å². The summed E-state index contributed by atoms with van der Waals surface area (Å²) < 4.78 is 5.69. The van der Waals surface area contributed by atoms with Gasteiger partial charge in [-0.3, -0.25) is 4.79 Å². The SMILES string of the molecule is CC(C)c1ccc(C(=O)c2ccc(OCCCN(C)C)cc2)c(Cl)n1. The largest absolute Gasteiger partial charge is 0.494 e. The van der Waals surface area contributed by atoms with Crippen LogP contribution in [0.4, 0.5) is 0 Å². The van der Waals surface area contributed by atoms with E-state index < -0.39 is 0 Å². The number of hydrogen-bond acceptors (Lipinski definition) is 4. The molecular weight excluding hydrogens is 336 g/mol. The van der Waals surface area contributed by atoms with Crippen molar-refractivity contribution in [3.8, 4) is 5.75 Å². The molecule has 0 aliphatic rings. The van der Waals surface area contributed by atoms with Gasteiger partial charge in [0, 0.05) is 17.8 Å². The predicted molar refractivity (Wildman–Crippen MR) is 102 cm³/mol. The summed E-state index contributed by atoms with van der Waals surface area (Å²) in [5.41, 5.74) is 1.87. The van der Waals surface area contributed by atoms with Crippen LogP contribution < -0.4 is 4.74 Å². The monoisotopic (exact) mass is 360 g/mol. The Balaban J connectivity index is 2.03. The van der Waals surface area contributed by atoms with Gasteiger partial charge in [-0.1, -0.05) is 25.4 Å². The van der Waals surface area contributed by atoms with E-state index in [0.717, 1.165) is 24.4 Å². The van der Waals surface area contributed by atoms with Gasteiger partial charge in [0.05, 0.1) is 12.2 Å². The summed E-state index contributed by atoms with van der Waals surface area (Å²) in [7, 11) is 4.07. The van der Waals surface area contributed by atoms with Crippen LogP contribution in [0.15, 0.2) is 36.4 Å². The molecule has 0 spiro atoms. The second-order valence-electron chi connectivity index (χ2n) is 6.59. The number of hydrogen-bond donors (Lipinski definition) is 0. The van der Waals surface area contributed by atoms with E-state index in [1.54, 1.807) is 18.2 Å². The Kier molecular flexibility index (Phi) is 6.97. The molecule has 1 aromatic carbocycles. The summed E-state index contributed by atoms with van der Waals surface area (Å²) in [6, 6.07) is 10.7. The number of carbonyl (C=O) groups excluding carboxylic acids is 1. The molecule has 0 saturated heterocycles. The molecule has 0 aliphatic carbocycles. The normalized spacial score (nSPS) is 11.2. The van der Waals surface area contributed by atoms with Gasteiger partial charge in [0.25, 0.3) is 0 Å². The number of carbonyl (C=O) groups is 1. The van der Waals surface area contributed by atoms with E-state index in [0.29, 0.717) is 17.7 Å². The standard InChI is InChI=1S/C20H25ClN2O2/c1-14(2)18-11-10-17(20(21)22-18)19(24)15-6-8-16(9-7-15)25-13-5-12-23(3)4/h6-11,14H,5,12-13H2,1-4H3. The average molecular weight is 361 g/mol.